The molecule has 0 saturated carbocycles. The third-order valence-electron chi connectivity index (χ3n) is 3.73. The molecule has 2 rings (SSSR count). The Morgan fingerprint density at radius 2 is 1.77 bits per heavy atom. The SMILES string of the molecule is Cc1cc2c(cc1N(CC(=O)O)CC(=O)O)CCC(=O)N2C. The molecule has 1 aromatic carbocycles. The maximum Gasteiger partial charge on any atom is 0.323 e. The highest BCUT2D eigenvalue weighted by Gasteiger charge is 2.24. The molecule has 2 N–H and O–H groups in total. The quantitative estimate of drug-likeness (QED) is 0.838. The number of carbonyl (C=O) groups excluding carboxylic acids is 1. The summed E-state index contributed by atoms with van der Waals surface area (Å²) in [7, 11) is 1.70. The van der Waals surface area contributed by atoms with Gasteiger partial charge in [-0.1, -0.05) is 0 Å². The summed E-state index contributed by atoms with van der Waals surface area (Å²) in [6.45, 7) is 1.00. The smallest absolute Gasteiger partial charge is 0.323 e. The Bertz CT molecular complexity index is 625. The lowest BCUT2D eigenvalue weighted by Crippen LogP contribution is -2.36. The Labute approximate surface area is 127 Å². The van der Waals surface area contributed by atoms with Crippen LogP contribution in [0.5, 0.6) is 0 Å². The van der Waals surface area contributed by atoms with Crippen LogP contribution in [0.4, 0.5) is 11.4 Å². The molecule has 1 aliphatic rings. The van der Waals surface area contributed by atoms with Gasteiger partial charge in [-0.05, 0) is 36.6 Å². The fraction of sp³-hybridized carbons (Fsp3) is 0.400. The summed E-state index contributed by atoms with van der Waals surface area (Å²) < 4.78 is 0. The predicted molar refractivity (Wildman–Crippen MR) is 80.4 cm³/mol. The van der Waals surface area contributed by atoms with Crippen molar-refractivity contribution in [2.75, 3.05) is 29.9 Å². The molecule has 0 fully saturated rings. The second-order valence-electron chi connectivity index (χ2n) is 5.36. The fourth-order valence-electron chi connectivity index (χ4n) is 2.67. The van der Waals surface area contributed by atoms with E-state index in [1.807, 2.05) is 0 Å². The Balaban J connectivity index is 2.43. The van der Waals surface area contributed by atoms with Crippen LogP contribution in [0, 0.1) is 6.92 Å². The van der Waals surface area contributed by atoms with Crippen molar-refractivity contribution in [3.05, 3.63) is 23.3 Å². The molecule has 1 aliphatic heterocycles. The molecule has 7 nitrogen and oxygen atoms in total. The van der Waals surface area contributed by atoms with Gasteiger partial charge in [0.2, 0.25) is 5.91 Å². The number of carboxylic acid groups (broad SMARTS) is 2. The number of aryl methyl sites for hydroxylation is 2. The van der Waals surface area contributed by atoms with Gasteiger partial charge in [-0.15, -0.1) is 0 Å². The molecule has 1 aromatic rings. The molecule has 0 aliphatic carbocycles. The first-order chi connectivity index (χ1) is 10.3. The summed E-state index contributed by atoms with van der Waals surface area (Å²) in [4.78, 5) is 36.6. The van der Waals surface area contributed by atoms with Crippen LogP contribution in [0.25, 0.3) is 0 Å². The lowest BCUT2D eigenvalue weighted by molar-refractivity contribution is -0.136. The van der Waals surface area contributed by atoms with Crippen molar-refractivity contribution < 1.29 is 24.6 Å². The number of fused-ring (bicyclic) bond motifs is 1. The maximum absolute atomic E-state index is 11.7. The highest BCUT2D eigenvalue weighted by atomic mass is 16.4. The van der Waals surface area contributed by atoms with E-state index < -0.39 is 11.9 Å². The molecule has 0 atom stereocenters. The molecular formula is C15H18N2O5. The second kappa shape index (κ2) is 6.05. The van der Waals surface area contributed by atoms with Crippen LogP contribution in [0.3, 0.4) is 0 Å². The van der Waals surface area contributed by atoms with E-state index in [4.69, 9.17) is 10.2 Å². The summed E-state index contributed by atoms with van der Waals surface area (Å²) in [5.41, 5.74) is 3.03. The Hall–Kier alpha value is -2.57. The number of aliphatic carboxylic acids is 2. The van der Waals surface area contributed by atoms with Crippen LogP contribution in [0.1, 0.15) is 17.5 Å². The Morgan fingerprint density at radius 1 is 1.18 bits per heavy atom. The first-order valence-electron chi connectivity index (χ1n) is 6.88. The number of anilines is 2. The third kappa shape index (κ3) is 3.19. The van der Waals surface area contributed by atoms with Crippen molar-refractivity contribution >= 4 is 29.2 Å². The van der Waals surface area contributed by atoms with Crippen LogP contribution in [-0.2, 0) is 20.8 Å². The minimum atomic E-state index is -1.09. The summed E-state index contributed by atoms with van der Waals surface area (Å²) in [5.74, 6) is -2.15. The van der Waals surface area contributed by atoms with E-state index in [0.29, 0.717) is 18.5 Å². The zero-order valence-corrected chi connectivity index (χ0v) is 12.5. The summed E-state index contributed by atoms with van der Waals surface area (Å²) >= 11 is 0. The van der Waals surface area contributed by atoms with Gasteiger partial charge in [-0.2, -0.15) is 0 Å². The van der Waals surface area contributed by atoms with E-state index in [1.165, 1.54) is 4.90 Å². The molecule has 0 spiro atoms. The van der Waals surface area contributed by atoms with E-state index in [9.17, 15) is 14.4 Å². The average molecular weight is 306 g/mol. The second-order valence-corrected chi connectivity index (χ2v) is 5.36. The number of benzene rings is 1. The van der Waals surface area contributed by atoms with Gasteiger partial charge >= 0.3 is 11.9 Å². The number of hydrogen-bond acceptors (Lipinski definition) is 4. The molecule has 1 amide bonds. The average Bonchev–Trinajstić information content (AvgIpc) is 2.41. The van der Waals surface area contributed by atoms with Gasteiger partial charge < -0.3 is 20.0 Å². The van der Waals surface area contributed by atoms with Crippen LogP contribution < -0.4 is 9.80 Å². The Kier molecular flexibility index (Phi) is 4.35. The molecular weight excluding hydrogens is 288 g/mol. The molecule has 118 valence electrons. The number of amides is 1. The number of rotatable bonds is 5. The van der Waals surface area contributed by atoms with Crippen molar-refractivity contribution in [3.8, 4) is 0 Å². The zero-order valence-electron chi connectivity index (χ0n) is 12.5. The van der Waals surface area contributed by atoms with E-state index in [2.05, 4.69) is 0 Å². The van der Waals surface area contributed by atoms with Gasteiger partial charge in [-0.25, -0.2) is 0 Å². The lowest BCUT2D eigenvalue weighted by atomic mass is 9.98. The number of carboxylic acids is 2. The molecule has 22 heavy (non-hydrogen) atoms. The molecule has 7 heteroatoms. The zero-order chi connectivity index (χ0) is 16.4. The van der Waals surface area contributed by atoms with Gasteiger partial charge in [0.05, 0.1) is 0 Å². The third-order valence-corrected chi connectivity index (χ3v) is 3.73. The van der Waals surface area contributed by atoms with Gasteiger partial charge in [0.15, 0.2) is 0 Å². The van der Waals surface area contributed by atoms with Crippen LogP contribution in [-0.4, -0.2) is 48.2 Å². The van der Waals surface area contributed by atoms with Gasteiger partial charge in [0.1, 0.15) is 13.1 Å². The van der Waals surface area contributed by atoms with Gasteiger partial charge in [0.25, 0.3) is 0 Å². The van der Waals surface area contributed by atoms with Crippen LogP contribution in [0.2, 0.25) is 0 Å². The summed E-state index contributed by atoms with van der Waals surface area (Å²) in [5, 5.41) is 18.0. The van der Waals surface area contributed by atoms with Crippen molar-refractivity contribution in [1.29, 1.82) is 0 Å². The largest absolute Gasteiger partial charge is 0.480 e. The number of hydrogen-bond donors (Lipinski definition) is 2. The lowest BCUT2D eigenvalue weighted by Gasteiger charge is -2.30. The minimum absolute atomic E-state index is 0.0348. The van der Waals surface area contributed by atoms with Gasteiger partial charge in [0, 0.05) is 24.8 Å². The highest BCUT2D eigenvalue weighted by Crippen LogP contribution is 2.33. The summed E-state index contributed by atoms with van der Waals surface area (Å²) in [6, 6.07) is 3.60. The van der Waals surface area contributed by atoms with E-state index in [0.717, 1.165) is 16.8 Å². The van der Waals surface area contributed by atoms with E-state index >= 15 is 0 Å². The number of nitrogens with zero attached hydrogens (tertiary/aromatic N) is 2. The number of carbonyl (C=O) groups is 3. The van der Waals surface area contributed by atoms with Crippen LogP contribution in [0.15, 0.2) is 12.1 Å². The van der Waals surface area contributed by atoms with E-state index in [1.54, 1.807) is 31.0 Å². The molecule has 0 bridgehead atoms. The van der Waals surface area contributed by atoms with Crippen molar-refractivity contribution in [1.82, 2.24) is 0 Å². The molecule has 0 aromatic heterocycles. The standard InChI is InChI=1S/C15H18N2O5/c1-9-5-12-10(3-4-13(18)16(12)2)6-11(9)17(7-14(19)20)8-15(21)22/h5-6H,3-4,7-8H2,1-2H3,(H,19,20)(H,21,22). The van der Waals surface area contributed by atoms with Crippen molar-refractivity contribution in [2.45, 2.75) is 19.8 Å². The molecule has 0 radical (unpaired) electrons. The molecule has 1 heterocycles. The maximum atomic E-state index is 11.7. The fourth-order valence-corrected chi connectivity index (χ4v) is 2.67. The monoisotopic (exact) mass is 306 g/mol. The van der Waals surface area contributed by atoms with Crippen molar-refractivity contribution in [2.24, 2.45) is 0 Å². The topological polar surface area (TPSA) is 98.1 Å². The molecule has 0 unspecified atom stereocenters. The first kappa shape index (κ1) is 15.8. The molecule has 0 saturated heterocycles. The highest BCUT2D eigenvalue weighted by molar-refractivity contribution is 5.96. The normalized spacial score (nSPS) is 13.7. The van der Waals surface area contributed by atoms with Crippen molar-refractivity contribution in [3.63, 3.8) is 0 Å². The first-order valence-corrected chi connectivity index (χ1v) is 6.88. The summed E-state index contributed by atoms with van der Waals surface area (Å²) in [6.07, 6.45) is 0.962. The Morgan fingerprint density at radius 3 is 2.32 bits per heavy atom. The minimum Gasteiger partial charge on any atom is -0.480 e. The predicted octanol–water partition coefficient (Wildman–Crippen LogP) is 0.880. The van der Waals surface area contributed by atoms with Gasteiger partial charge in [-0.3, -0.25) is 14.4 Å². The van der Waals surface area contributed by atoms with Crippen LogP contribution >= 0.6 is 0 Å². The van der Waals surface area contributed by atoms with E-state index in [-0.39, 0.29) is 19.0 Å².